The predicted octanol–water partition coefficient (Wildman–Crippen LogP) is 3.94. The van der Waals surface area contributed by atoms with Gasteiger partial charge in [0.05, 0.1) is 13.7 Å². The van der Waals surface area contributed by atoms with Crippen LogP contribution in [0.2, 0.25) is 0 Å². The summed E-state index contributed by atoms with van der Waals surface area (Å²) in [5.41, 5.74) is 2.98. The molecule has 7 nitrogen and oxygen atoms in total. The molecule has 2 N–H and O–H groups in total. The highest BCUT2D eigenvalue weighted by Gasteiger charge is 2.34. The predicted molar refractivity (Wildman–Crippen MR) is 111 cm³/mol. The number of hydrogen-bond donors (Lipinski definition) is 2. The number of hydrogen-bond acceptors (Lipinski definition) is 4. The molecule has 2 aliphatic rings. The summed E-state index contributed by atoms with van der Waals surface area (Å²) in [6.07, 6.45) is 4.91. The van der Waals surface area contributed by atoms with E-state index in [9.17, 15) is 9.59 Å². The number of carbonyl (C=O) groups excluding carboxylic acids is 2. The van der Waals surface area contributed by atoms with Crippen LogP contribution in [0, 0.1) is 12.8 Å². The molecule has 1 fully saturated rings. The van der Waals surface area contributed by atoms with E-state index in [2.05, 4.69) is 15.6 Å². The second kappa shape index (κ2) is 8.11. The minimum Gasteiger partial charge on any atom is -0.497 e. The smallest absolute Gasteiger partial charge is 0.323 e. The number of aryl methyl sites for hydroxylation is 1. The van der Waals surface area contributed by atoms with Crippen LogP contribution in [0.3, 0.4) is 0 Å². The van der Waals surface area contributed by atoms with Crippen molar-refractivity contribution in [1.29, 1.82) is 0 Å². The molecule has 0 radical (unpaired) electrons. The van der Waals surface area contributed by atoms with Gasteiger partial charge in [0.25, 0.3) is 0 Å². The second-order valence-corrected chi connectivity index (χ2v) is 7.74. The lowest BCUT2D eigenvalue weighted by atomic mass is 9.84. The van der Waals surface area contributed by atoms with E-state index in [4.69, 9.17) is 4.74 Å². The summed E-state index contributed by atoms with van der Waals surface area (Å²) in [5, 5.41) is 5.90. The Morgan fingerprint density at radius 2 is 1.90 bits per heavy atom. The summed E-state index contributed by atoms with van der Waals surface area (Å²) >= 11 is 0. The summed E-state index contributed by atoms with van der Waals surface area (Å²) in [4.78, 5) is 31.4. The molecule has 4 rings (SSSR count). The molecule has 1 aliphatic heterocycles. The SMILES string of the molecule is COc1ccc(NC(=O)C2CCC(N3Cc4c(C)ccnc4NC3=O)CC2)cc1. The summed E-state index contributed by atoms with van der Waals surface area (Å²) in [6.45, 7) is 2.62. The molecule has 3 amide bonds. The average Bonchev–Trinajstić information content (AvgIpc) is 2.74. The van der Waals surface area contributed by atoms with Gasteiger partial charge in [-0.15, -0.1) is 0 Å². The minimum atomic E-state index is -0.0956. The minimum absolute atomic E-state index is 0.0307. The zero-order valence-corrected chi connectivity index (χ0v) is 16.8. The number of amides is 3. The van der Waals surface area contributed by atoms with Crippen molar-refractivity contribution in [2.75, 3.05) is 17.7 Å². The third-order valence-electron chi connectivity index (χ3n) is 5.97. The Labute approximate surface area is 170 Å². The average molecular weight is 394 g/mol. The van der Waals surface area contributed by atoms with Gasteiger partial charge in [0.1, 0.15) is 11.6 Å². The van der Waals surface area contributed by atoms with E-state index < -0.39 is 0 Å². The van der Waals surface area contributed by atoms with Crippen LogP contribution in [-0.2, 0) is 11.3 Å². The van der Waals surface area contributed by atoms with E-state index in [0.717, 1.165) is 48.2 Å². The van der Waals surface area contributed by atoms with Crippen LogP contribution in [0.1, 0.15) is 36.8 Å². The number of nitrogens with one attached hydrogen (secondary N) is 2. The zero-order valence-electron chi connectivity index (χ0n) is 16.8. The Balaban J connectivity index is 1.35. The van der Waals surface area contributed by atoms with Gasteiger partial charge in [-0.2, -0.15) is 0 Å². The molecular formula is C22H26N4O3. The Kier molecular flexibility index (Phi) is 5.38. The van der Waals surface area contributed by atoms with Crippen molar-refractivity contribution in [2.45, 2.75) is 45.2 Å². The fraction of sp³-hybridized carbons (Fsp3) is 0.409. The van der Waals surface area contributed by atoms with E-state index in [0.29, 0.717) is 12.4 Å². The third kappa shape index (κ3) is 4.04. The first-order chi connectivity index (χ1) is 14.0. The molecule has 1 aromatic carbocycles. The fourth-order valence-electron chi connectivity index (χ4n) is 4.17. The highest BCUT2D eigenvalue weighted by Crippen LogP contribution is 2.33. The molecule has 0 unspecified atom stereocenters. The van der Waals surface area contributed by atoms with Gasteiger partial charge < -0.3 is 15.0 Å². The summed E-state index contributed by atoms with van der Waals surface area (Å²) in [5.74, 6) is 1.44. The van der Waals surface area contributed by atoms with E-state index in [1.54, 1.807) is 13.3 Å². The van der Waals surface area contributed by atoms with Gasteiger partial charge in [-0.1, -0.05) is 0 Å². The number of urea groups is 1. The van der Waals surface area contributed by atoms with Crippen molar-refractivity contribution in [2.24, 2.45) is 5.92 Å². The van der Waals surface area contributed by atoms with Gasteiger partial charge >= 0.3 is 6.03 Å². The lowest BCUT2D eigenvalue weighted by molar-refractivity contribution is -0.121. The van der Waals surface area contributed by atoms with Crippen LogP contribution in [0.25, 0.3) is 0 Å². The summed E-state index contributed by atoms with van der Waals surface area (Å²) in [6, 6.07) is 9.36. The largest absolute Gasteiger partial charge is 0.497 e. The molecule has 0 spiro atoms. The molecule has 1 aliphatic carbocycles. The maximum Gasteiger partial charge on any atom is 0.323 e. The van der Waals surface area contributed by atoms with Crippen LogP contribution in [0.15, 0.2) is 36.5 Å². The molecule has 2 aromatic rings. The standard InChI is InChI=1S/C22H26N4O3/c1-14-11-12-23-20-19(14)13-26(22(28)25-20)17-7-3-15(4-8-17)21(27)24-16-5-9-18(29-2)10-6-16/h5-6,9-12,15,17H,3-4,7-8,13H2,1-2H3,(H,24,27)(H,23,25,28). The van der Waals surface area contributed by atoms with Crippen LogP contribution >= 0.6 is 0 Å². The fourth-order valence-corrected chi connectivity index (χ4v) is 4.17. The molecule has 0 saturated heterocycles. The summed E-state index contributed by atoms with van der Waals surface area (Å²) < 4.78 is 5.14. The van der Waals surface area contributed by atoms with Crippen molar-refractivity contribution in [3.05, 3.63) is 47.7 Å². The van der Waals surface area contributed by atoms with Crippen molar-refractivity contribution in [3.63, 3.8) is 0 Å². The number of pyridine rings is 1. The summed E-state index contributed by atoms with van der Waals surface area (Å²) in [7, 11) is 1.62. The van der Waals surface area contributed by atoms with E-state index in [1.807, 2.05) is 42.2 Å². The zero-order chi connectivity index (χ0) is 20.4. The van der Waals surface area contributed by atoms with Crippen LogP contribution in [0.4, 0.5) is 16.3 Å². The monoisotopic (exact) mass is 394 g/mol. The molecule has 2 heterocycles. The van der Waals surface area contributed by atoms with E-state index >= 15 is 0 Å². The maximum absolute atomic E-state index is 12.6. The molecule has 29 heavy (non-hydrogen) atoms. The molecular weight excluding hydrogens is 368 g/mol. The number of anilines is 2. The number of ether oxygens (including phenoxy) is 1. The first-order valence-electron chi connectivity index (χ1n) is 10.0. The van der Waals surface area contributed by atoms with E-state index in [1.165, 1.54) is 0 Å². The molecule has 7 heteroatoms. The molecule has 0 atom stereocenters. The quantitative estimate of drug-likeness (QED) is 0.823. The van der Waals surface area contributed by atoms with Gasteiger partial charge in [-0.3, -0.25) is 10.1 Å². The second-order valence-electron chi connectivity index (χ2n) is 7.74. The highest BCUT2D eigenvalue weighted by molar-refractivity contribution is 5.93. The van der Waals surface area contributed by atoms with Crippen LogP contribution < -0.4 is 15.4 Å². The number of methoxy groups -OCH3 is 1. The molecule has 0 bridgehead atoms. The van der Waals surface area contributed by atoms with Gasteiger partial charge in [-0.25, -0.2) is 9.78 Å². The highest BCUT2D eigenvalue weighted by atomic mass is 16.5. The lowest BCUT2D eigenvalue weighted by Crippen LogP contribution is -2.47. The van der Waals surface area contributed by atoms with Crippen molar-refractivity contribution < 1.29 is 14.3 Å². The number of benzene rings is 1. The Morgan fingerprint density at radius 1 is 1.17 bits per heavy atom. The topological polar surface area (TPSA) is 83.6 Å². The molecule has 1 aromatic heterocycles. The van der Waals surface area contributed by atoms with Crippen LogP contribution in [-0.4, -0.2) is 35.0 Å². The van der Waals surface area contributed by atoms with Gasteiger partial charge in [0, 0.05) is 29.4 Å². The number of fused-ring (bicyclic) bond motifs is 1. The van der Waals surface area contributed by atoms with Crippen molar-refractivity contribution in [3.8, 4) is 5.75 Å². The first-order valence-corrected chi connectivity index (χ1v) is 10.0. The van der Waals surface area contributed by atoms with E-state index in [-0.39, 0.29) is 23.9 Å². The maximum atomic E-state index is 12.6. The normalized spacial score (nSPS) is 21.2. The molecule has 1 saturated carbocycles. The lowest BCUT2D eigenvalue weighted by Gasteiger charge is -2.39. The first kappa shape index (κ1) is 19.2. The Hall–Kier alpha value is -3.09. The van der Waals surface area contributed by atoms with Crippen molar-refractivity contribution in [1.82, 2.24) is 9.88 Å². The van der Waals surface area contributed by atoms with Crippen molar-refractivity contribution >= 4 is 23.4 Å². The molecule has 152 valence electrons. The number of rotatable bonds is 4. The van der Waals surface area contributed by atoms with Gasteiger partial charge in [0.2, 0.25) is 5.91 Å². The Morgan fingerprint density at radius 3 is 2.59 bits per heavy atom. The number of aromatic nitrogens is 1. The van der Waals surface area contributed by atoms with Gasteiger partial charge in [0.15, 0.2) is 0 Å². The Bertz CT molecular complexity index is 905. The third-order valence-corrected chi connectivity index (χ3v) is 5.97. The van der Waals surface area contributed by atoms with Crippen LogP contribution in [0.5, 0.6) is 5.75 Å². The number of nitrogens with zero attached hydrogens (tertiary/aromatic N) is 2. The van der Waals surface area contributed by atoms with Gasteiger partial charge in [-0.05, 0) is 68.5 Å². The number of carbonyl (C=O) groups is 2.